The molecule has 1 unspecified atom stereocenters. The van der Waals surface area contributed by atoms with Crippen molar-refractivity contribution in [2.75, 3.05) is 13.6 Å². The maximum atomic E-state index is 12.9. The standard InChI is InChI=1S/C20H20F3N3O2/c1-25(11-15-5-3-7-24-10-15)19(28)16-9-18(27)26(13-16)12-14-4-2-6-17(8-14)20(21,22)23/h2-8,10,16H,9,11-13H2,1H3. The molecule has 1 aliphatic rings. The van der Waals surface area contributed by atoms with E-state index in [-0.39, 0.29) is 31.3 Å². The lowest BCUT2D eigenvalue weighted by molar-refractivity contribution is -0.137. The Bertz CT molecular complexity index is 855. The maximum Gasteiger partial charge on any atom is 0.416 e. The number of pyridine rings is 1. The zero-order valence-corrected chi connectivity index (χ0v) is 15.3. The third kappa shape index (κ3) is 4.68. The summed E-state index contributed by atoms with van der Waals surface area (Å²) in [6, 6.07) is 8.54. The minimum Gasteiger partial charge on any atom is -0.341 e. The topological polar surface area (TPSA) is 53.5 Å². The van der Waals surface area contributed by atoms with Crippen LogP contribution in [-0.2, 0) is 28.9 Å². The number of carbonyl (C=O) groups excluding carboxylic acids is 2. The highest BCUT2D eigenvalue weighted by atomic mass is 19.4. The van der Waals surface area contributed by atoms with Gasteiger partial charge in [-0.2, -0.15) is 13.2 Å². The van der Waals surface area contributed by atoms with Gasteiger partial charge in [0.15, 0.2) is 0 Å². The van der Waals surface area contributed by atoms with E-state index >= 15 is 0 Å². The highest BCUT2D eigenvalue weighted by Gasteiger charge is 2.36. The molecule has 2 aromatic rings. The predicted octanol–water partition coefficient (Wildman–Crippen LogP) is 3.11. The Kier molecular flexibility index (Phi) is 5.67. The van der Waals surface area contributed by atoms with Gasteiger partial charge in [0.25, 0.3) is 0 Å². The van der Waals surface area contributed by atoms with Gasteiger partial charge in [-0.25, -0.2) is 0 Å². The van der Waals surface area contributed by atoms with Crippen molar-refractivity contribution in [1.82, 2.24) is 14.8 Å². The Labute approximate surface area is 160 Å². The molecule has 1 saturated heterocycles. The molecule has 3 rings (SSSR count). The fourth-order valence-electron chi connectivity index (χ4n) is 3.31. The summed E-state index contributed by atoms with van der Waals surface area (Å²) in [5, 5.41) is 0. The van der Waals surface area contributed by atoms with Crippen LogP contribution in [0, 0.1) is 5.92 Å². The Hall–Kier alpha value is -2.90. The maximum absolute atomic E-state index is 12.9. The van der Waals surface area contributed by atoms with E-state index in [2.05, 4.69) is 4.98 Å². The number of halogens is 3. The number of alkyl halides is 3. The van der Waals surface area contributed by atoms with Crippen molar-refractivity contribution in [1.29, 1.82) is 0 Å². The molecule has 2 amide bonds. The summed E-state index contributed by atoms with van der Waals surface area (Å²) in [5.41, 5.74) is 0.518. The Morgan fingerprint density at radius 3 is 2.68 bits per heavy atom. The van der Waals surface area contributed by atoms with E-state index in [1.165, 1.54) is 11.0 Å². The summed E-state index contributed by atoms with van der Waals surface area (Å²) < 4.78 is 38.6. The van der Waals surface area contributed by atoms with Crippen molar-refractivity contribution < 1.29 is 22.8 Å². The third-order valence-corrected chi connectivity index (χ3v) is 4.71. The lowest BCUT2D eigenvalue weighted by Crippen LogP contribution is -2.34. The van der Waals surface area contributed by atoms with E-state index in [9.17, 15) is 22.8 Å². The molecule has 0 N–H and O–H groups in total. The zero-order chi connectivity index (χ0) is 20.3. The van der Waals surface area contributed by atoms with Crippen LogP contribution in [0.15, 0.2) is 48.8 Å². The van der Waals surface area contributed by atoms with Gasteiger partial charge >= 0.3 is 6.18 Å². The Morgan fingerprint density at radius 1 is 1.25 bits per heavy atom. The number of aromatic nitrogens is 1. The summed E-state index contributed by atoms with van der Waals surface area (Å²) in [5.74, 6) is -0.894. The van der Waals surface area contributed by atoms with Gasteiger partial charge in [-0.1, -0.05) is 18.2 Å². The molecule has 1 fully saturated rings. The summed E-state index contributed by atoms with van der Waals surface area (Å²) in [4.78, 5) is 31.9. The van der Waals surface area contributed by atoms with Crippen LogP contribution in [0.4, 0.5) is 13.2 Å². The lowest BCUT2D eigenvalue weighted by atomic mass is 10.1. The second-order valence-corrected chi connectivity index (χ2v) is 6.93. The second-order valence-electron chi connectivity index (χ2n) is 6.93. The van der Waals surface area contributed by atoms with Crippen LogP contribution in [0.25, 0.3) is 0 Å². The molecule has 5 nitrogen and oxygen atoms in total. The van der Waals surface area contributed by atoms with Gasteiger partial charge < -0.3 is 9.80 Å². The van der Waals surface area contributed by atoms with E-state index in [1.807, 2.05) is 6.07 Å². The molecule has 0 radical (unpaired) electrons. The van der Waals surface area contributed by atoms with E-state index in [0.717, 1.165) is 17.7 Å². The van der Waals surface area contributed by atoms with Crippen LogP contribution < -0.4 is 0 Å². The summed E-state index contributed by atoms with van der Waals surface area (Å²) in [7, 11) is 1.66. The van der Waals surface area contributed by atoms with E-state index < -0.39 is 17.7 Å². The zero-order valence-electron chi connectivity index (χ0n) is 15.3. The van der Waals surface area contributed by atoms with Gasteiger partial charge in [0, 0.05) is 45.5 Å². The van der Waals surface area contributed by atoms with Crippen LogP contribution in [0.2, 0.25) is 0 Å². The van der Waals surface area contributed by atoms with Crippen molar-refractivity contribution in [2.45, 2.75) is 25.7 Å². The molecule has 1 aromatic heterocycles. The monoisotopic (exact) mass is 391 g/mol. The highest BCUT2D eigenvalue weighted by molar-refractivity contribution is 5.89. The Morgan fingerprint density at radius 2 is 2.00 bits per heavy atom. The van der Waals surface area contributed by atoms with Crippen molar-refractivity contribution in [3.05, 3.63) is 65.5 Å². The van der Waals surface area contributed by atoms with E-state index in [0.29, 0.717) is 12.1 Å². The van der Waals surface area contributed by atoms with Crippen LogP contribution in [0.3, 0.4) is 0 Å². The van der Waals surface area contributed by atoms with Crippen molar-refractivity contribution >= 4 is 11.8 Å². The number of rotatable bonds is 5. The first kappa shape index (κ1) is 19.9. The van der Waals surface area contributed by atoms with Gasteiger partial charge in [0.2, 0.25) is 11.8 Å². The predicted molar refractivity (Wildman–Crippen MR) is 95.7 cm³/mol. The second kappa shape index (κ2) is 8.00. The molecule has 0 aliphatic carbocycles. The molecule has 0 spiro atoms. The smallest absolute Gasteiger partial charge is 0.341 e. The normalized spacial score (nSPS) is 17.1. The van der Waals surface area contributed by atoms with Gasteiger partial charge in [0.05, 0.1) is 11.5 Å². The lowest BCUT2D eigenvalue weighted by Gasteiger charge is -2.21. The van der Waals surface area contributed by atoms with Crippen molar-refractivity contribution in [3.8, 4) is 0 Å². The molecular weight excluding hydrogens is 371 g/mol. The quantitative estimate of drug-likeness (QED) is 0.787. The molecule has 1 aliphatic heterocycles. The first-order valence-electron chi connectivity index (χ1n) is 8.82. The average molecular weight is 391 g/mol. The molecule has 1 aromatic carbocycles. The number of nitrogens with zero attached hydrogens (tertiary/aromatic N) is 3. The number of hydrogen-bond acceptors (Lipinski definition) is 3. The third-order valence-electron chi connectivity index (χ3n) is 4.71. The average Bonchev–Trinajstić information content (AvgIpc) is 3.02. The summed E-state index contributed by atoms with van der Waals surface area (Å²) in [6.07, 6.45) is -1.05. The van der Waals surface area contributed by atoms with Crippen LogP contribution in [0.5, 0.6) is 0 Å². The molecular formula is C20H20F3N3O2. The first-order valence-corrected chi connectivity index (χ1v) is 8.82. The van der Waals surface area contributed by atoms with Crippen molar-refractivity contribution in [3.63, 3.8) is 0 Å². The molecule has 0 saturated carbocycles. The summed E-state index contributed by atoms with van der Waals surface area (Å²) >= 11 is 0. The largest absolute Gasteiger partial charge is 0.416 e. The van der Waals surface area contributed by atoms with Crippen LogP contribution >= 0.6 is 0 Å². The molecule has 1 atom stereocenters. The van der Waals surface area contributed by atoms with Crippen LogP contribution in [-0.4, -0.2) is 40.2 Å². The molecule has 8 heteroatoms. The molecule has 28 heavy (non-hydrogen) atoms. The molecule has 148 valence electrons. The number of likely N-dealkylation sites (tertiary alicyclic amines) is 1. The minimum atomic E-state index is -4.43. The fraction of sp³-hybridized carbons (Fsp3) is 0.350. The Balaban J connectivity index is 1.62. The van der Waals surface area contributed by atoms with Gasteiger partial charge in [-0.15, -0.1) is 0 Å². The molecule has 0 bridgehead atoms. The highest BCUT2D eigenvalue weighted by Crippen LogP contribution is 2.30. The molecule has 2 heterocycles. The van der Waals surface area contributed by atoms with Crippen molar-refractivity contribution in [2.24, 2.45) is 5.92 Å². The van der Waals surface area contributed by atoms with Gasteiger partial charge in [-0.05, 0) is 29.3 Å². The SMILES string of the molecule is CN(Cc1cccnc1)C(=O)C1CC(=O)N(Cc2cccc(C(F)(F)F)c2)C1. The van der Waals surface area contributed by atoms with Crippen LogP contribution in [0.1, 0.15) is 23.1 Å². The minimum absolute atomic E-state index is 0.0544. The number of carbonyl (C=O) groups is 2. The summed E-state index contributed by atoms with van der Waals surface area (Å²) in [6.45, 7) is 0.634. The first-order chi connectivity index (χ1) is 13.2. The van der Waals surface area contributed by atoms with E-state index in [4.69, 9.17) is 0 Å². The van der Waals surface area contributed by atoms with Gasteiger partial charge in [0.1, 0.15) is 0 Å². The number of amides is 2. The van der Waals surface area contributed by atoms with E-state index in [1.54, 1.807) is 36.5 Å². The number of hydrogen-bond donors (Lipinski definition) is 0. The fourth-order valence-corrected chi connectivity index (χ4v) is 3.31. The number of benzene rings is 1. The van der Waals surface area contributed by atoms with Gasteiger partial charge in [-0.3, -0.25) is 14.6 Å².